The summed E-state index contributed by atoms with van der Waals surface area (Å²) in [7, 11) is -3.33. The van der Waals surface area contributed by atoms with Gasteiger partial charge in [0.05, 0.1) is 24.8 Å². The number of hydrogen-bond acceptors (Lipinski definition) is 5. The van der Waals surface area contributed by atoms with Gasteiger partial charge in [-0.1, -0.05) is 24.3 Å². The van der Waals surface area contributed by atoms with E-state index in [1.54, 1.807) is 0 Å². The molecule has 2 heterocycles. The average molecular weight is 390 g/mol. The van der Waals surface area contributed by atoms with E-state index in [1.807, 2.05) is 31.2 Å². The van der Waals surface area contributed by atoms with E-state index in [0.717, 1.165) is 17.4 Å². The molecule has 0 fully saturated rings. The van der Waals surface area contributed by atoms with E-state index in [4.69, 9.17) is 0 Å². The molecule has 3 rings (SSSR count). The predicted molar refractivity (Wildman–Crippen MR) is 100 cm³/mol. The molecule has 0 aliphatic carbocycles. The Morgan fingerprint density at radius 3 is 2.74 bits per heavy atom. The van der Waals surface area contributed by atoms with Crippen molar-refractivity contribution in [3.63, 3.8) is 0 Å². The number of sulfonamides is 1. The number of rotatable bonds is 5. The Labute approximate surface area is 157 Å². The van der Waals surface area contributed by atoms with Crippen LogP contribution in [-0.4, -0.2) is 41.0 Å². The molecule has 1 amide bonds. The van der Waals surface area contributed by atoms with Crippen LogP contribution in [0, 0.1) is 6.92 Å². The van der Waals surface area contributed by atoms with Crippen LogP contribution in [0.3, 0.4) is 0 Å². The van der Waals surface area contributed by atoms with Crippen molar-refractivity contribution >= 4 is 15.9 Å². The van der Waals surface area contributed by atoms with E-state index in [9.17, 15) is 18.0 Å². The maximum absolute atomic E-state index is 12.6. The van der Waals surface area contributed by atoms with E-state index in [0.29, 0.717) is 24.2 Å². The zero-order valence-corrected chi connectivity index (χ0v) is 16.1. The minimum absolute atomic E-state index is 0.0870. The largest absolute Gasteiger partial charge is 0.350 e. The number of fused-ring (bicyclic) bond motifs is 1. The fraction of sp³-hybridized carbons (Fsp3) is 0.389. The lowest BCUT2D eigenvalue weighted by atomic mass is 10.1. The summed E-state index contributed by atoms with van der Waals surface area (Å²) in [4.78, 5) is 29.0. The molecule has 8 nitrogen and oxygen atoms in total. The number of aryl methyl sites for hydroxylation is 1. The third-order valence-electron chi connectivity index (χ3n) is 4.68. The summed E-state index contributed by atoms with van der Waals surface area (Å²) in [5.74, 6) is -0.282. The fourth-order valence-corrected chi connectivity index (χ4v) is 3.82. The number of nitrogens with zero attached hydrogens (tertiary/aromatic N) is 3. The van der Waals surface area contributed by atoms with Gasteiger partial charge in [-0.3, -0.25) is 14.2 Å². The predicted octanol–water partition coefficient (Wildman–Crippen LogP) is 0.186. The van der Waals surface area contributed by atoms with Crippen molar-refractivity contribution in [3.8, 4) is 0 Å². The number of carbonyl (C=O) groups excluding carboxylic acids is 1. The van der Waals surface area contributed by atoms with E-state index in [-0.39, 0.29) is 31.1 Å². The third-order valence-corrected chi connectivity index (χ3v) is 5.93. The summed E-state index contributed by atoms with van der Waals surface area (Å²) >= 11 is 0. The number of aromatic nitrogens is 2. The normalized spacial score (nSPS) is 14.6. The van der Waals surface area contributed by atoms with Gasteiger partial charge in [0.25, 0.3) is 5.56 Å². The molecular weight excluding hydrogens is 368 g/mol. The van der Waals surface area contributed by atoms with Gasteiger partial charge in [0, 0.05) is 18.7 Å². The molecule has 0 saturated heterocycles. The highest BCUT2D eigenvalue weighted by Crippen LogP contribution is 2.15. The van der Waals surface area contributed by atoms with Gasteiger partial charge in [0.1, 0.15) is 6.54 Å². The first kappa shape index (κ1) is 19.2. The van der Waals surface area contributed by atoms with Crippen molar-refractivity contribution in [1.29, 1.82) is 0 Å². The Morgan fingerprint density at radius 1 is 1.30 bits per heavy atom. The summed E-state index contributed by atoms with van der Waals surface area (Å²) in [5.41, 5.74) is 2.74. The lowest BCUT2D eigenvalue weighted by molar-refractivity contribution is -0.121. The van der Waals surface area contributed by atoms with Crippen LogP contribution in [0.1, 0.15) is 22.4 Å². The molecule has 1 aliphatic rings. The second-order valence-corrected chi connectivity index (χ2v) is 8.64. The minimum Gasteiger partial charge on any atom is -0.350 e. The molecule has 1 N–H and O–H groups in total. The molecule has 0 atom stereocenters. The van der Waals surface area contributed by atoms with Gasteiger partial charge in [0.15, 0.2) is 0 Å². The second kappa shape index (κ2) is 7.61. The van der Waals surface area contributed by atoms with Crippen molar-refractivity contribution in [2.75, 3.05) is 12.8 Å². The monoisotopic (exact) mass is 390 g/mol. The zero-order chi connectivity index (χ0) is 19.6. The minimum atomic E-state index is -3.33. The van der Waals surface area contributed by atoms with E-state index >= 15 is 0 Å². The fourth-order valence-electron chi connectivity index (χ4n) is 3.05. The van der Waals surface area contributed by atoms with Crippen molar-refractivity contribution in [3.05, 3.63) is 63.3 Å². The molecule has 0 spiro atoms. The SMILES string of the molecule is Cc1ccccc1CNC(=O)Cn1cnc2c(c1=O)CCN(S(C)(=O)=O)C2. The van der Waals surface area contributed by atoms with Crippen molar-refractivity contribution in [2.24, 2.45) is 0 Å². The molecular formula is C18H22N4O4S. The van der Waals surface area contributed by atoms with E-state index in [2.05, 4.69) is 10.3 Å². The highest BCUT2D eigenvalue weighted by Gasteiger charge is 2.26. The summed E-state index contributed by atoms with van der Waals surface area (Å²) in [6.07, 6.45) is 2.73. The van der Waals surface area contributed by atoms with Gasteiger partial charge >= 0.3 is 0 Å². The first-order chi connectivity index (χ1) is 12.8. The lowest BCUT2D eigenvalue weighted by Gasteiger charge is -2.25. The van der Waals surface area contributed by atoms with Crippen LogP contribution in [0.5, 0.6) is 0 Å². The molecule has 144 valence electrons. The Bertz CT molecular complexity index is 1030. The summed E-state index contributed by atoms with van der Waals surface area (Å²) in [5, 5.41) is 2.81. The topological polar surface area (TPSA) is 101 Å². The summed E-state index contributed by atoms with van der Waals surface area (Å²) < 4.78 is 25.9. The molecule has 0 bridgehead atoms. The maximum Gasteiger partial charge on any atom is 0.257 e. The molecule has 9 heteroatoms. The quantitative estimate of drug-likeness (QED) is 0.785. The first-order valence-electron chi connectivity index (χ1n) is 8.59. The number of carbonyl (C=O) groups is 1. The van der Waals surface area contributed by atoms with Gasteiger partial charge in [-0.05, 0) is 24.5 Å². The summed E-state index contributed by atoms with van der Waals surface area (Å²) in [6.45, 7) is 2.57. The average Bonchev–Trinajstić information content (AvgIpc) is 2.62. The lowest BCUT2D eigenvalue weighted by Crippen LogP contribution is -2.41. The van der Waals surface area contributed by atoms with Crippen molar-refractivity contribution in [2.45, 2.75) is 33.0 Å². The number of hydrogen-bond donors (Lipinski definition) is 1. The second-order valence-electron chi connectivity index (χ2n) is 6.65. The highest BCUT2D eigenvalue weighted by atomic mass is 32.2. The Kier molecular flexibility index (Phi) is 5.43. The van der Waals surface area contributed by atoms with E-state index < -0.39 is 10.0 Å². The van der Waals surface area contributed by atoms with Gasteiger partial charge < -0.3 is 5.32 Å². The van der Waals surface area contributed by atoms with Crippen LogP contribution in [0.25, 0.3) is 0 Å². The smallest absolute Gasteiger partial charge is 0.257 e. The van der Waals surface area contributed by atoms with E-state index in [1.165, 1.54) is 15.2 Å². The molecule has 2 aromatic rings. The van der Waals surface area contributed by atoms with Crippen molar-refractivity contribution < 1.29 is 13.2 Å². The van der Waals surface area contributed by atoms with Crippen molar-refractivity contribution in [1.82, 2.24) is 19.2 Å². The van der Waals surface area contributed by atoms with Crippen LogP contribution in [0.4, 0.5) is 0 Å². The van der Waals surface area contributed by atoms with Crippen LogP contribution in [-0.2, 0) is 40.9 Å². The molecule has 0 radical (unpaired) electrons. The highest BCUT2D eigenvalue weighted by molar-refractivity contribution is 7.88. The molecule has 1 aromatic carbocycles. The standard InChI is InChI=1S/C18H22N4O4S/c1-13-5-3-4-6-14(13)9-19-17(23)11-21-12-20-16-10-22(27(2,25)26)8-7-15(16)18(21)24/h3-6,12H,7-11H2,1-2H3,(H,19,23). The van der Waals surface area contributed by atoms with Crippen LogP contribution in [0.2, 0.25) is 0 Å². The number of nitrogens with one attached hydrogen (secondary N) is 1. The number of benzene rings is 1. The third kappa shape index (κ3) is 4.42. The molecule has 1 aliphatic heterocycles. The molecule has 1 aromatic heterocycles. The maximum atomic E-state index is 12.6. The van der Waals surface area contributed by atoms with Crippen LogP contribution in [0.15, 0.2) is 35.4 Å². The Balaban J connectivity index is 1.69. The van der Waals surface area contributed by atoms with Crippen LogP contribution >= 0.6 is 0 Å². The molecule has 27 heavy (non-hydrogen) atoms. The molecule has 0 unspecified atom stereocenters. The van der Waals surface area contributed by atoms with Crippen LogP contribution < -0.4 is 10.9 Å². The zero-order valence-electron chi connectivity index (χ0n) is 15.3. The van der Waals surface area contributed by atoms with Gasteiger partial charge in [-0.2, -0.15) is 4.31 Å². The first-order valence-corrected chi connectivity index (χ1v) is 10.4. The van der Waals surface area contributed by atoms with Gasteiger partial charge in [-0.15, -0.1) is 0 Å². The Hall–Kier alpha value is -2.52. The Morgan fingerprint density at radius 2 is 2.04 bits per heavy atom. The molecule has 0 saturated carbocycles. The van der Waals surface area contributed by atoms with Gasteiger partial charge in [0.2, 0.25) is 15.9 Å². The van der Waals surface area contributed by atoms with Gasteiger partial charge in [-0.25, -0.2) is 13.4 Å². The number of amides is 1. The summed E-state index contributed by atoms with van der Waals surface area (Å²) in [6, 6.07) is 7.75.